The lowest BCUT2D eigenvalue weighted by atomic mass is 10.0. The normalized spacial score (nSPS) is 10.8. The number of nitrogens with zero attached hydrogens (tertiary/aromatic N) is 5. The van der Waals surface area contributed by atoms with Crippen LogP contribution in [0.5, 0.6) is 0 Å². The van der Waals surface area contributed by atoms with E-state index in [0.717, 1.165) is 22.2 Å². The highest BCUT2D eigenvalue weighted by molar-refractivity contribution is 6.33. The molecule has 0 spiro atoms. The van der Waals surface area contributed by atoms with Crippen molar-refractivity contribution < 1.29 is 0 Å². The SMILES string of the molecule is Cc1cc(-c2cc(Nc3nn(C)cc3Cl)nc3[nH]cc(C#N)c23)ccn1. The largest absolute Gasteiger partial charge is 0.345 e. The molecule has 0 amide bonds. The lowest BCUT2D eigenvalue weighted by molar-refractivity contribution is 0.771. The van der Waals surface area contributed by atoms with Crippen molar-refractivity contribution in [2.45, 2.75) is 6.92 Å². The average molecular weight is 364 g/mol. The molecule has 0 saturated carbocycles. The third-order valence-corrected chi connectivity index (χ3v) is 4.28. The van der Waals surface area contributed by atoms with Gasteiger partial charge in [-0.3, -0.25) is 9.67 Å². The number of rotatable bonds is 3. The van der Waals surface area contributed by atoms with Crippen LogP contribution in [0.2, 0.25) is 5.02 Å². The van der Waals surface area contributed by atoms with Crippen molar-refractivity contribution in [1.82, 2.24) is 24.7 Å². The summed E-state index contributed by atoms with van der Waals surface area (Å²) in [5, 5.41) is 18.1. The summed E-state index contributed by atoms with van der Waals surface area (Å²) in [5.41, 5.74) is 3.88. The van der Waals surface area contributed by atoms with Gasteiger partial charge in [0.15, 0.2) is 5.82 Å². The van der Waals surface area contributed by atoms with Crippen molar-refractivity contribution in [3.8, 4) is 17.2 Å². The summed E-state index contributed by atoms with van der Waals surface area (Å²) in [6.07, 6.45) is 5.11. The number of hydrogen-bond donors (Lipinski definition) is 2. The second-order valence-corrected chi connectivity index (χ2v) is 6.31. The highest BCUT2D eigenvalue weighted by Gasteiger charge is 2.15. The zero-order chi connectivity index (χ0) is 18.3. The number of aromatic nitrogens is 5. The monoisotopic (exact) mass is 363 g/mol. The number of aromatic amines is 1. The van der Waals surface area contributed by atoms with Gasteiger partial charge in [0.25, 0.3) is 0 Å². The summed E-state index contributed by atoms with van der Waals surface area (Å²) in [6.45, 7) is 1.93. The van der Waals surface area contributed by atoms with Crippen molar-refractivity contribution in [2.75, 3.05) is 5.32 Å². The first-order chi connectivity index (χ1) is 12.5. The molecule has 2 N–H and O–H groups in total. The smallest absolute Gasteiger partial charge is 0.172 e. The van der Waals surface area contributed by atoms with Gasteiger partial charge in [0.1, 0.15) is 22.6 Å². The Balaban J connectivity index is 1.91. The van der Waals surface area contributed by atoms with E-state index in [-0.39, 0.29) is 0 Å². The van der Waals surface area contributed by atoms with Gasteiger partial charge in [0.2, 0.25) is 0 Å². The molecule has 0 aromatic carbocycles. The van der Waals surface area contributed by atoms with Gasteiger partial charge in [-0.2, -0.15) is 10.4 Å². The summed E-state index contributed by atoms with van der Waals surface area (Å²) in [5.74, 6) is 1.10. The Bertz CT molecular complexity index is 1170. The summed E-state index contributed by atoms with van der Waals surface area (Å²) < 4.78 is 1.62. The van der Waals surface area contributed by atoms with Gasteiger partial charge in [-0.1, -0.05) is 11.6 Å². The van der Waals surface area contributed by atoms with Gasteiger partial charge in [0, 0.05) is 36.7 Å². The van der Waals surface area contributed by atoms with Gasteiger partial charge < -0.3 is 10.3 Å². The van der Waals surface area contributed by atoms with Crippen molar-refractivity contribution >= 4 is 34.3 Å². The number of anilines is 2. The van der Waals surface area contributed by atoms with Crippen molar-refractivity contribution in [1.29, 1.82) is 5.26 Å². The number of fused-ring (bicyclic) bond motifs is 1. The Hall–Kier alpha value is -3.37. The fourth-order valence-corrected chi connectivity index (χ4v) is 3.12. The molecular formula is C18H14ClN7. The Labute approximate surface area is 154 Å². The first kappa shape index (κ1) is 16.1. The summed E-state index contributed by atoms with van der Waals surface area (Å²) in [6, 6.07) is 7.98. The molecule has 0 saturated heterocycles. The summed E-state index contributed by atoms with van der Waals surface area (Å²) in [7, 11) is 1.79. The van der Waals surface area contributed by atoms with Gasteiger partial charge in [-0.05, 0) is 36.2 Å². The van der Waals surface area contributed by atoms with Gasteiger partial charge in [-0.15, -0.1) is 0 Å². The molecule has 4 aromatic rings. The molecule has 0 atom stereocenters. The van der Waals surface area contributed by atoms with E-state index in [0.29, 0.717) is 27.9 Å². The molecule has 0 aliphatic carbocycles. The van der Waals surface area contributed by atoms with Crippen LogP contribution in [0.25, 0.3) is 22.2 Å². The molecule has 0 aliphatic rings. The van der Waals surface area contributed by atoms with E-state index in [1.165, 1.54) is 0 Å². The standard InChI is InChI=1S/C18H14ClN7/c1-10-5-11(3-4-21-10)13-6-15(23-17-14(19)9-26(2)25-17)24-18-16(13)12(7-20)8-22-18/h3-6,8-9H,1-2H3,(H2,22,23,24,25). The van der Waals surface area contributed by atoms with Gasteiger partial charge in [-0.25, -0.2) is 4.98 Å². The van der Waals surface area contributed by atoms with E-state index in [2.05, 4.69) is 31.4 Å². The van der Waals surface area contributed by atoms with Crippen molar-refractivity contribution in [2.24, 2.45) is 7.05 Å². The fourth-order valence-electron chi connectivity index (χ4n) is 2.89. The second kappa shape index (κ2) is 6.17. The van der Waals surface area contributed by atoms with E-state index in [4.69, 9.17) is 11.6 Å². The lowest BCUT2D eigenvalue weighted by Gasteiger charge is -2.09. The number of hydrogen-bond acceptors (Lipinski definition) is 5. The zero-order valence-corrected chi connectivity index (χ0v) is 14.8. The maximum atomic E-state index is 9.44. The Morgan fingerprint density at radius 1 is 1.35 bits per heavy atom. The molecule has 26 heavy (non-hydrogen) atoms. The number of nitrogens with one attached hydrogen (secondary N) is 2. The molecule has 0 radical (unpaired) electrons. The topological polar surface area (TPSA) is 95.2 Å². The van der Waals surface area contributed by atoms with Crippen LogP contribution >= 0.6 is 11.6 Å². The molecule has 0 bridgehead atoms. The molecule has 4 aromatic heterocycles. The van der Waals surface area contributed by atoms with Crippen LogP contribution in [-0.4, -0.2) is 24.7 Å². The minimum atomic E-state index is 0.500. The van der Waals surface area contributed by atoms with Gasteiger partial charge in [0.05, 0.1) is 5.56 Å². The second-order valence-electron chi connectivity index (χ2n) is 5.90. The van der Waals surface area contributed by atoms with Crippen LogP contribution in [-0.2, 0) is 7.05 Å². The molecule has 0 fully saturated rings. The van der Waals surface area contributed by atoms with E-state index in [1.54, 1.807) is 30.3 Å². The lowest BCUT2D eigenvalue weighted by Crippen LogP contribution is -1.98. The molecule has 4 heterocycles. The minimum Gasteiger partial charge on any atom is -0.345 e. The van der Waals surface area contributed by atoms with E-state index in [9.17, 15) is 5.26 Å². The van der Waals surface area contributed by atoms with Crippen LogP contribution in [0.1, 0.15) is 11.3 Å². The molecule has 7 nitrogen and oxygen atoms in total. The van der Waals surface area contributed by atoms with Crippen molar-refractivity contribution in [3.63, 3.8) is 0 Å². The number of nitriles is 1. The first-order valence-corrected chi connectivity index (χ1v) is 8.24. The van der Waals surface area contributed by atoms with Crippen LogP contribution < -0.4 is 5.32 Å². The molecule has 0 unspecified atom stereocenters. The zero-order valence-electron chi connectivity index (χ0n) is 14.1. The predicted octanol–water partition coefficient (Wildman–Crippen LogP) is 3.94. The maximum Gasteiger partial charge on any atom is 0.172 e. The minimum absolute atomic E-state index is 0.500. The molecule has 8 heteroatoms. The van der Waals surface area contributed by atoms with Crippen LogP contribution in [0.15, 0.2) is 36.8 Å². The highest BCUT2D eigenvalue weighted by Crippen LogP contribution is 2.33. The highest BCUT2D eigenvalue weighted by atomic mass is 35.5. The van der Waals surface area contributed by atoms with Crippen molar-refractivity contribution in [3.05, 3.63) is 53.1 Å². The first-order valence-electron chi connectivity index (χ1n) is 7.86. The van der Waals surface area contributed by atoms with E-state index in [1.807, 2.05) is 25.1 Å². The molecular weight excluding hydrogens is 350 g/mol. The average Bonchev–Trinajstić information content (AvgIpc) is 3.16. The van der Waals surface area contributed by atoms with Crippen LogP contribution in [0.4, 0.5) is 11.6 Å². The molecule has 128 valence electrons. The fraction of sp³-hybridized carbons (Fsp3) is 0.111. The number of H-pyrrole nitrogens is 1. The Kier molecular flexibility index (Phi) is 3.82. The maximum absolute atomic E-state index is 9.44. The third-order valence-electron chi connectivity index (χ3n) is 4.00. The molecule has 4 rings (SSSR count). The summed E-state index contributed by atoms with van der Waals surface area (Å²) in [4.78, 5) is 11.9. The quantitative estimate of drug-likeness (QED) is 0.575. The summed E-state index contributed by atoms with van der Waals surface area (Å²) >= 11 is 6.18. The van der Waals surface area contributed by atoms with Crippen LogP contribution in [0, 0.1) is 18.3 Å². The Morgan fingerprint density at radius 3 is 2.88 bits per heavy atom. The van der Waals surface area contributed by atoms with E-state index < -0.39 is 0 Å². The van der Waals surface area contributed by atoms with Crippen LogP contribution in [0.3, 0.4) is 0 Å². The number of pyridine rings is 2. The number of aryl methyl sites for hydroxylation is 2. The third kappa shape index (κ3) is 2.76. The molecule has 0 aliphatic heterocycles. The Morgan fingerprint density at radius 2 is 2.19 bits per heavy atom. The predicted molar refractivity (Wildman–Crippen MR) is 100 cm³/mol. The van der Waals surface area contributed by atoms with Gasteiger partial charge >= 0.3 is 0 Å². The van der Waals surface area contributed by atoms with E-state index >= 15 is 0 Å². The number of halogens is 1.